The zero-order valence-electron chi connectivity index (χ0n) is 23.6. The molecule has 2 amide bonds. The third-order valence-corrected chi connectivity index (χ3v) is 8.56. The molecular formula is C27H30F3N7O5S. The molecule has 3 heterocycles. The quantitative estimate of drug-likeness (QED) is 0.439. The molecule has 2 aliphatic heterocycles. The van der Waals surface area contributed by atoms with Gasteiger partial charge in [0.2, 0.25) is 5.82 Å². The molecule has 230 valence electrons. The van der Waals surface area contributed by atoms with Gasteiger partial charge in [-0.2, -0.15) is 4.80 Å². The lowest BCUT2D eigenvalue weighted by molar-refractivity contribution is -0.120. The van der Waals surface area contributed by atoms with Crippen LogP contribution in [0.2, 0.25) is 0 Å². The predicted molar refractivity (Wildman–Crippen MR) is 148 cm³/mol. The van der Waals surface area contributed by atoms with Crippen LogP contribution >= 0.6 is 0 Å². The second-order valence-corrected chi connectivity index (χ2v) is 13.5. The van der Waals surface area contributed by atoms with Crippen molar-refractivity contribution in [2.75, 3.05) is 23.7 Å². The first-order valence-electron chi connectivity index (χ1n) is 13.4. The third kappa shape index (κ3) is 6.80. The van der Waals surface area contributed by atoms with Gasteiger partial charge in [-0.3, -0.25) is 4.79 Å². The lowest BCUT2D eigenvalue weighted by Gasteiger charge is -2.28. The number of hydrogen-bond acceptors (Lipinski definition) is 9. The summed E-state index contributed by atoms with van der Waals surface area (Å²) in [6, 6.07) is 8.13. The van der Waals surface area contributed by atoms with Crippen LogP contribution in [0.4, 0.5) is 23.7 Å². The molecule has 5 rings (SSSR count). The topological polar surface area (TPSA) is 148 Å². The summed E-state index contributed by atoms with van der Waals surface area (Å²) in [5.41, 5.74) is -0.756. The Balaban J connectivity index is 1.57. The summed E-state index contributed by atoms with van der Waals surface area (Å²) in [5, 5.41) is 16.7. The van der Waals surface area contributed by atoms with E-state index in [1.807, 2.05) is 0 Å². The van der Waals surface area contributed by atoms with Gasteiger partial charge in [0, 0.05) is 13.0 Å². The van der Waals surface area contributed by atoms with Gasteiger partial charge < -0.3 is 20.3 Å². The van der Waals surface area contributed by atoms with Crippen molar-refractivity contribution in [2.45, 2.75) is 62.2 Å². The first-order chi connectivity index (χ1) is 20.1. The van der Waals surface area contributed by atoms with Crippen LogP contribution in [-0.2, 0) is 25.9 Å². The van der Waals surface area contributed by atoms with E-state index >= 15 is 4.39 Å². The second-order valence-electron chi connectivity index (χ2n) is 11.5. The Labute approximate surface area is 245 Å². The number of carbonyl (C=O) groups excluding carboxylic acids is 2. The third-order valence-electron chi connectivity index (χ3n) is 6.79. The molecule has 16 heteroatoms. The average molecular weight is 622 g/mol. The Morgan fingerprint density at radius 1 is 1.21 bits per heavy atom. The summed E-state index contributed by atoms with van der Waals surface area (Å²) < 4.78 is 75.7. The largest absolute Gasteiger partial charge is 0.444 e. The predicted octanol–water partition coefficient (Wildman–Crippen LogP) is 2.86. The van der Waals surface area contributed by atoms with Gasteiger partial charge in [-0.25, -0.2) is 26.4 Å². The van der Waals surface area contributed by atoms with Crippen LogP contribution in [0.25, 0.3) is 11.4 Å². The summed E-state index contributed by atoms with van der Waals surface area (Å²) in [6.45, 7) is 4.36. The van der Waals surface area contributed by atoms with Crippen LogP contribution in [0.1, 0.15) is 38.8 Å². The number of ether oxygens (including phenoxy) is 1. The Hall–Kier alpha value is -4.05. The number of halogens is 3. The van der Waals surface area contributed by atoms with Crippen LogP contribution < -0.4 is 15.5 Å². The summed E-state index contributed by atoms with van der Waals surface area (Å²) in [7, 11) is -4.35. The first-order valence-corrected chi connectivity index (χ1v) is 15.1. The Morgan fingerprint density at radius 3 is 2.60 bits per heavy atom. The molecule has 2 aliphatic rings. The molecule has 0 spiro atoms. The standard InChI is InChI=1S/C27H30F3N7O5S/c1-26(2,3)42-25(39)32-20-14-43(40,41)22-10-19(28)18(9-21(22)36(24(20)38)13-16-7-5-4-6-8-16)23-33-35-37(34-23)17-11-27(29,30)15-31-12-17/h4-10,17,20,31H,11-15H2,1-3H3,(H,32,39)/t17?,20-/m0/s1. The number of rotatable bonds is 5. The molecule has 3 aromatic rings. The highest BCUT2D eigenvalue weighted by atomic mass is 32.2. The number of anilines is 1. The van der Waals surface area contributed by atoms with E-state index in [-0.39, 0.29) is 30.2 Å². The fourth-order valence-electron chi connectivity index (χ4n) is 4.91. The number of alkyl carbamates (subject to hydrolysis) is 1. The zero-order valence-corrected chi connectivity index (χ0v) is 24.4. The van der Waals surface area contributed by atoms with E-state index in [0.29, 0.717) is 5.56 Å². The number of alkyl halides is 2. The van der Waals surface area contributed by atoms with Crippen molar-refractivity contribution in [1.29, 1.82) is 0 Å². The molecule has 0 aliphatic carbocycles. The molecule has 0 saturated carbocycles. The molecular weight excluding hydrogens is 591 g/mol. The molecule has 43 heavy (non-hydrogen) atoms. The summed E-state index contributed by atoms with van der Waals surface area (Å²) in [4.78, 5) is 28.1. The van der Waals surface area contributed by atoms with Gasteiger partial charge in [-0.1, -0.05) is 30.3 Å². The summed E-state index contributed by atoms with van der Waals surface area (Å²) in [5.74, 6) is -5.94. The Kier molecular flexibility index (Phi) is 7.94. The molecule has 12 nitrogen and oxygen atoms in total. The molecule has 1 unspecified atom stereocenters. The van der Waals surface area contributed by atoms with Crippen molar-refractivity contribution in [2.24, 2.45) is 0 Å². The maximum Gasteiger partial charge on any atom is 0.408 e. The molecule has 2 atom stereocenters. The molecule has 1 fully saturated rings. The fourth-order valence-corrected chi connectivity index (χ4v) is 6.52. The molecule has 2 N–H and O–H groups in total. The van der Waals surface area contributed by atoms with Gasteiger partial charge in [0.1, 0.15) is 17.5 Å². The highest BCUT2D eigenvalue weighted by molar-refractivity contribution is 7.91. The minimum atomic E-state index is -4.35. The van der Waals surface area contributed by atoms with Crippen LogP contribution in [0, 0.1) is 5.82 Å². The van der Waals surface area contributed by atoms with E-state index < -0.39 is 74.9 Å². The highest BCUT2D eigenvalue weighted by Crippen LogP contribution is 2.37. The van der Waals surface area contributed by atoms with Gasteiger partial charge in [0.15, 0.2) is 9.84 Å². The van der Waals surface area contributed by atoms with Crippen LogP contribution in [0.3, 0.4) is 0 Å². The number of sulfone groups is 1. The van der Waals surface area contributed by atoms with E-state index in [4.69, 9.17) is 4.74 Å². The number of benzene rings is 2. The summed E-state index contributed by atoms with van der Waals surface area (Å²) in [6.07, 6.45) is -1.55. The van der Waals surface area contributed by atoms with Gasteiger partial charge in [-0.05, 0) is 43.7 Å². The molecule has 0 radical (unpaired) electrons. The minimum Gasteiger partial charge on any atom is -0.444 e. The highest BCUT2D eigenvalue weighted by Gasteiger charge is 2.41. The van der Waals surface area contributed by atoms with Crippen LogP contribution in [0.5, 0.6) is 0 Å². The molecule has 2 aromatic carbocycles. The Morgan fingerprint density at radius 2 is 1.93 bits per heavy atom. The number of hydrogen-bond donors (Lipinski definition) is 2. The number of amides is 2. The van der Waals surface area contributed by atoms with E-state index in [2.05, 4.69) is 26.0 Å². The number of tetrazole rings is 1. The maximum atomic E-state index is 15.6. The maximum absolute atomic E-state index is 15.6. The van der Waals surface area contributed by atoms with Crippen molar-refractivity contribution in [3.8, 4) is 11.4 Å². The van der Waals surface area contributed by atoms with Gasteiger partial charge >= 0.3 is 6.09 Å². The number of carbonyl (C=O) groups is 2. The lowest BCUT2D eigenvalue weighted by atomic mass is 10.1. The number of aromatic nitrogens is 4. The van der Waals surface area contributed by atoms with Crippen molar-refractivity contribution in [1.82, 2.24) is 30.8 Å². The van der Waals surface area contributed by atoms with Gasteiger partial charge in [0.05, 0.1) is 41.0 Å². The van der Waals surface area contributed by atoms with E-state index in [1.54, 1.807) is 51.1 Å². The van der Waals surface area contributed by atoms with Crippen molar-refractivity contribution < 1.29 is 35.9 Å². The monoisotopic (exact) mass is 621 g/mol. The smallest absolute Gasteiger partial charge is 0.408 e. The van der Waals surface area contributed by atoms with Crippen LogP contribution in [0.15, 0.2) is 47.4 Å². The fraction of sp³-hybridized carbons (Fsp3) is 0.444. The van der Waals surface area contributed by atoms with Crippen molar-refractivity contribution in [3.63, 3.8) is 0 Å². The summed E-state index contributed by atoms with van der Waals surface area (Å²) >= 11 is 0. The Bertz CT molecular complexity index is 1640. The van der Waals surface area contributed by atoms with Gasteiger partial charge in [-0.15, -0.1) is 10.2 Å². The average Bonchev–Trinajstić information content (AvgIpc) is 3.38. The van der Waals surface area contributed by atoms with Crippen molar-refractivity contribution in [3.05, 3.63) is 53.8 Å². The molecule has 1 aromatic heterocycles. The number of fused-ring (bicyclic) bond motifs is 1. The molecule has 0 bridgehead atoms. The number of nitrogens with one attached hydrogen (secondary N) is 2. The normalized spacial score (nSPS) is 21.5. The second kappa shape index (κ2) is 11.2. The van der Waals surface area contributed by atoms with Gasteiger partial charge in [0.25, 0.3) is 11.8 Å². The minimum absolute atomic E-state index is 0.122. The zero-order chi connectivity index (χ0) is 31.2. The van der Waals surface area contributed by atoms with E-state index in [0.717, 1.165) is 21.8 Å². The number of piperidine rings is 1. The van der Waals surface area contributed by atoms with E-state index in [9.17, 15) is 26.8 Å². The lowest BCUT2D eigenvalue weighted by Crippen LogP contribution is -2.51. The SMILES string of the molecule is CC(C)(C)OC(=O)N[C@H]1CS(=O)(=O)c2cc(F)c(-c3nnn(C4CNCC(F)(F)C4)n3)cc2N(Cc2ccccc2)C1=O. The first kappa shape index (κ1) is 30.4. The number of nitrogens with zero attached hydrogens (tertiary/aromatic N) is 5. The van der Waals surface area contributed by atoms with Crippen LogP contribution in [-0.4, -0.2) is 77.0 Å². The molecule has 1 saturated heterocycles. The van der Waals surface area contributed by atoms with Crippen molar-refractivity contribution >= 4 is 27.5 Å². The van der Waals surface area contributed by atoms with E-state index in [1.165, 1.54) is 0 Å².